The van der Waals surface area contributed by atoms with Crippen LogP contribution in [0.2, 0.25) is 0 Å². The summed E-state index contributed by atoms with van der Waals surface area (Å²) in [5.74, 6) is 0.252. The quantitative estimate of drug-likeness (QED) is 0.751. The summed E-state index contributed by atoms with van der Waals surface area (Å²) in [4.78, 5) is 12.1. The molecule has 0 aromatic rings. The molecule has 80 valence electrons. The van der Waals surface area contributed by atoms with Crippen LogP contribution < -0.4 is 5.73 Å². The van der Waals surface area contributed by atoms with Gasteiger partial charge in [0.15, 0.2) is 5.78 Å². The minimum absolute atomic E-state index is 0.252. The summed E-state index contributed by atoms with van der Waals surface area (Å²) in [6, 6.07) is 0. The summed E-state index contributed by atoms with van der Waals surface area (Å²) < 4.78 is 0. The van der Waals surface area contributed by atoms with Crippen LogP contribution in [0.5, 0.6) is 0 Å². The molecule has 0 spiro atoms. The second kappa shape index (κ2) is 4.74. The van der Waals surface area contributed by atoms with Crippen molar-refractivity contribution in [2.75, 3.05) is 6.54 Å². The summed E-state index contributed by atoms with van der Waals surface area (Å²) in [7, 11) is 0. The average molecular weight is 195 g/mol. The molecule has 1 rings (SSSR count). The first-order chi connectivity index (χ1) is 6.58. The predicted octanol–water partition coefficient (Wildman–Crippen LogP) is 2.43. The van der Waals surface area contributed by atoms with Crippen LogP contribution in [-0.2, 0) is 4.79 Å². The zero-order valence-corrected chi connectivity index (χ0v) is 9.31. The van der Waals surface area contributed by atoms with Gasteiger partial charge in [-0.1, -0.05) is 26.3 Å². The van der Waals surface area contributed by atoms with Gasteiger partial charge in [0.2, 0.25) is 0 Å². The van der Waals surface area contributed by atoms with Gasteiger partial charge in [0.1, 0.15) is 0 Å². The van der Waals surface area contributed by atoms with Gasteiger partial charge >= 0.3 is 0 Å². The van der Waals surface area contributed by atoms with Crippen molar-refractivity contribution in [2.45, 2.75) is 46.0 Å². The molecule has 2 nitrogen and oxygen atoms in total. The Morgan fingerprint density at radius 2 is 2.14 bits per heavy atom. The minimum atomic E-state index is -0.379. The average Bonchev–Trinajstić information content (AvgIpc) is 2.44. The second-order valence-corrected chi connectivity index (χ2v) is 4.75. The maximum atomic E-state index is 12.1. The standard InChI is InChI=1S/C12H21NO/c1-12(2,9-13)11(14)10-7-5-3-4-6-8-10/h7H,3-6,8-9,13H2,1-2H3. The Labute approximate surface area is 86.6 Å². The molecule has 0 unspecified atom stereocenters. The van der Waals surface area contributed by atoms with E-state index in [0.717, 1.165) is 24.8 Å². The first-order valence-corrected chi connectivity index (χ1v) is 5.52. The molecule has 1 aliphatic rings. The van der Waals surface area contributed by atoms with Crippen LogP contribution in [-0.4, -0.2) is 12.3 Å². The van der Waals surface area contributed by atoms with Crippen LogP contribution in [0.3, 0.4) is 0 Å². The van der Waals surface area contributed by atoms with Crippen LogP contribution in [0.4, 0.5) is 0 Å². The number of rotatable bonds is 3. The monoisotopic (exact) mass is 195 g/mol. The van der Waals surface area contributed by atoms with E-state index >= 15 is 0 Å². The maximum absolute atomic E-state index is 12.1. The summed E-state index contributed by atoms with van der Waals surface area (Å²) in [5, 5.41) is 0. The third kappa shape index (κ3) is 2.68. The van der Waals surface area contributed by atoms with E-state index in [1.807, 2.05) is 13.8 Å². The van der Waals surface area contributed by atoms with Gasteiger partial charge in [-0.15, -0.1) is 0 Å². The number of hydrogen-bond donors (Lipinski definition) is 1. The summed E-state index contributed by atoms with van der Waals surface area (Å²) >= 11 is 0. The smallest absolute Gasteiger partial charge is 0.165 e. The van der Waals surface area contributed by atoms with Gasteiger partial charge in [-0.25, -0.2) is 0 Å². The lowest BCUT2D eigenvalue weighted by molar-refractivity contribution is -0.122. The van der Waals surface area contributed by atoms with Gasteiger partial charge in [-0.05, 0) is 31.3 Å². The third-order valence-electron chi connectivity index (χ3n) is 2.96. The first-order valence-electron chi connectivity index (χ1n) is 5.52. The predicted molar refractivity (Wildman–Crippen MR) is 59.0 cm³/mol. The fraction of sp³-hybridized carbons (Fsp3) is 0.750. The van der Waals surface area contributed by atoms with Gasteiger partial charge in [-0.2, -0.15) is 0 Å². The van der Waals surface area contributed by atoms with E-state index in [-0.39, 0.29) is 11.2 Å². The number of allylic oxidation sites excluding steroid dienone is 2. The Bertz CT molecular complexity index is 241. The van der Waals surface area contributed by atoms with Gasteiger partial charge < -0.3 is 5.73 Å². The second-order valence-electron chi connectivity index (χ2n) is 4.75. The van der Waals surface area contributed by atoms with Crippen LogP contribution in [0.25, 0.3) is 0 Å². The van der Waals surface area contributed by atoms with Crippen molar-refractivity contribution in [3.8, 4) is 0 Å². The molecular weight excluding hydrogens is 174 g/mol. The SMILES string of the molecule is CC(C)(CN)C(=O)C1=CCCCCC1. The molecule has 0 radical (unpaired) electrons. The molecular formula is C12H21NO. The normalized spacial score (nSPS) is 18.6. The molecule has 2 N–H and O–H groups in total. The highest BCUT2D eigenvalue weighted by molar-refractivity contribution is 5.99. The fourth-order valence-corrected chi connectivity index (χ4v) is 1.75. The van der Waals surface area contributed by atoms with Crippen molar-refractivity contribution < 1.29 is 4.79 Å². The van der Waals surface area contributed by atoms with Crippen LogP contribution >= 0.6 is 0 Å². The van der Waals surface area contributed by atoms with Crippen molar-refractivity contribution >= 4 is 5.78 Å². The van der Waals surface area contributed by atoms with Crippen LogP contribution in [0.15, 0.2) is 11.6 Å². The third-order valence-corrected chi connectivity index (χ3v) is 2.96. The van der Waals surface area contributed by atoms with E-state index in [1.54, 1.807) is 0 Å². The number of hydrogen-bond acceptors (Lipinski definition) is 2. The zero-order chi connectivity index (χ0) is 10.6. The summed E-state index contributed by atoms with van der Waals surface area (Å²) in [5.41, 5.74) is 6.24. The molecule has 0 amide bonds. The molecule has 2 heteroatoms. The lowest BCUT2D eigenvalue weighted by Crippen LogP contribution is -2.33. The van der Waals surface area contributed by atoms with E-state index in [1.165, 1.54) is 12.8 Å². The van der Waals surface area contributed by atoms with E-state index in [0.29, 0.717) is 6.54 Å². The van der Waals surface area contributed by atoms with E-state index in [4.69, 9.17) is 5.73 Å². The van der Waals surface area contributed by atoms with Crippen molar-refractivity contribution in [3.63, 3.8) is 0 Å². The van der Waals surface area contributed by atoms with Crippen LogP contribution in [0, 0.1) is 5.41 Å². The molecule has 0 aliphatic heterocycles. The van der Waals surface area contributed by atoms with Crippen molar-refractivity contribution in [1.82, 2.24) is 0 Å². The van der Waals surface area contributed by atoms with Crippen molar-refractivity contribution in [3.05, 3.63) is 11.6 Å². The number of carbonyl (C=O) groups excluding carboxylic acids is 1. The minimum Gasteiger partial charge on any atom is -0.329 e. The maximum Gasteiger partial charge on any atom is 0.165 e. The molecule has 0 atom stereocenters. The molecule has 0 heterocycles. The largest absolute Gasteiger partial charge is 0.329 e. The number of Topliss-reactive ketones (excluding diaryl/α,β-unsaturated/α-hetero) is 1. The highest BCUT2D eigenvalue weighted by atomic mass is 16.1. The Morgan fingerprint density at radius 1 is 1.43 bits per heavy atom. The number of nitrogens with two attached hydrogens (primary N) is 1. The molecule has 14 heavy (non-hydrogen) atoms. The Balaban J connectivity index is 2.72. The lowest BCUT2D eigenvalue weighted by atomic mass is 9.83. The Kier molecular flexibility index (Phi) is 3.87. The number of carbonyl (C=O) groups is 1. The highest BCUT2D eigenvalue weighted by Crippen LogP contribution is 2.25. The van der Waals surface area contributed by atoms with Gasteiger partial charge in [0.25, 0.3) is 0 Å². The summed E-state index contributed by atoms with van der Waals surface area (Å²) in [6.07, 6.45) is 7.74. The topological polar surface area (TPSA) is 43.1 Å². The van der Waals surface area contributed by atoms with Crippen LogP contribution in [0.1, 0.15) is 46.0 Å². The molecule has 0 aromatic heterocycles. The van der Waals surface area contributed by atoms with Crippen molar-refractivity contribution in [1.29, 1.82) is 0 Å². The first kappa shape index (κ1) is 11.4. The molecule has 1 aliphatic carbocycles. The van der Waals surface area contributed by atoms with Gasteiger partial charge in [0, 0.05) is 12.0 Å². The van der Waals surface area contributed by atoms with E-state index < -0.39 is 0 Å². The van der Waals surface area contributed by atoms with E-state index in [2.05, 4.69) is 6.08 Å². The highest BCUT2D eigenvalue weighted by Gasteiger charge is 2.28. The number of ketones is 1. The molecule has 0 saturated heterocycles. The van der Waals surface area contributed by atoms with Gasteiger partial charge in [0.05, 0.1) is 0 Å². The zero-order valence-electron chi connectivity index (χ0n) is 9.31. The lowest BCUT2D eigenvalue weighted by Gasteiger charge is -2.22. The van der Waals surface area contributed by atoms with E-state index in [9.17, 15) is 4.79 Å². The molecule has 0 bridgehead atoms. The van der Waals surface area contributed by atoms with Gasteiger partial charge in [-0.3, -0.25) is 4.79 Å². The Hall–Kier alpha value is -0.630. The fourth-order valence-electron chi connectivity index (χ4n) is 1.75. The van der Waals surface area contributed by atoms with Crippen molar-refractivity contribution in [2.24, 2.45) is 11.1 Å². The molecule has 0 fully saturated rings. The molecule has 0 saturated carbocycles. The summed E-state index contributed by atoms with van der Waals surface area (Å²) in [6.45, 7) is 4.30. The Morgan fingerprint density at radius 3 is 2.79 bits per heavy atom. The molecule has 0 aromatic carbocycles.